The monoisotopic (exact) mass is 168 g/mol. The maximum atomic E-state index is 8.53. The van der Waals surface area contributed by atoms with E-state index in [0.29, 0.717) is 6.61 Å². The van der Waals surface area contributed by atoms with E-state index in [0.717, 1.165) is 18.4 Å². The van der Waals surface area contributed by atoms with Crippen molar-refractivity contribution < 1.29 is 9.84 Å². The van der Waals surface area contributed by atoms with Crippen LogP contribution in [0.4, 0.5) is 0 Å². The van der Waals surface area contributed by atoms with E-state index in [1.165, 1.54) is 24.8 Å². The lowest BCUT2D eigenvalue weighted by atomic mass is 9.99. The summed E-state index contributed by atoms with van der Waals surface area (Å²) in [6, 6.07) is 0. The summed E-state index contributed by atoms with van der Waals surface area (Å²) in [7, 11) is 0. The number of allylic oxidation sites excluding steroid dienone is 1. The third-order valence-corrected chi connectivity index (χ3v) is 2.95. The summed E-state index contributed by atoms with van der Waals surface area (Å²) in [5.74, 6) is 1.66. The van der Waals surface area contributed by atoms with Crippen LogP contribution in [-0.4, -0.2) is 24.9 Å². The molecule has 2 aliphatic carbocycles. The summed E-state index contributed by atoms with van der Waals surface area (Å²) < 4.78 is 5.30. The van der Waals surface area contributed by atoms with Gasteiger partial charge in [-0.25, -0.2) is 0 Å². The molecule has 0 amide bonds. The summed E-state index contributed by atoms with van der Waals surface area (Å²) >= 11 is 0. The first-order chi connectivity index (χ1) is 5.90. The molecule has 2 unspecified atom stereocenters. The van der Waals surface area contributed by atoms with Gasteiger partial charge >= 0.3 is 0 Å². The average molecular weight is 168 g/mol. The molecule has 68 valence electrons. The summed E-state index contributed by atoms with van der Waals surface area (Å²) in [6.45, 7) is 1.37. The van der Waals surface area contributed by atoms with Gasteiger partial charge in [-0.3, -0.25) is 0 Å². The van der Waals surface area contributed by atoms with E-state index in [1.54, 1.807) is 0 Å². The highest BCUT2D eigenvalue weighted by Crippen LogP contribution is 2.43. The first kappa shape index (κ1) is 8.27. The number of fused-ring (bicyclic) bond motifs is 2. The molecule has 2 atom stereocenters. The molecule has 0 heterocycles. The summed E-state index contributed by atoms with van der Waals surface area (Å²) in [5.41, 5.74) is 1.49. The van der Waals surface area contributed by atoms with Crippen molar-refractivity contribution in [3.05, 3.63) is 11.6 Å². The molecule has 2 nitrogen and oxygen atoms in total. The number of rotatable bonds is 4. The second kappa shape index (κ2) is 3.58. The predicted octanol–water partition coefficient (Wildman–Crippen LogP) is 1.35. The largest absolute Gasteiger partial charge is 0.394 e. The van der Waals surface area contributed by atoms with Gasteiger partial charge in [-0.05, 0) is 36.7 Å². The molecule has 0 aliphatic heterocycles. The van der Waals surface area contributed by atoms with Crippen molar-refractivity contribution in [2.45, 2.75) is 19.3 Å². The third-order valence-electron chi connectivity index (χ3n) is 2.95. The summed E-state index contributed by atoms with van der Waals surface area (Å²) in [4.78, 5) is 0. The fourth-order valence-electron chi connectivity index (χ4n) is 2.36. The molecule has 0 radical (unpaired) electrons. The van der Waals surface area contributed by atoms with Gasteiger partial charge in [0.15, 0.2) is 0 Å². The normalized spacial score (nSPS) is 32.6. The second-order valence-electron chi connectivity index (χ2n) is 3.79. The fourth-order valence-corrected chi connectivity index (χ4v) is 2.36. The van der Waals surface area contributed by atoms with Crippen LogP contribution in [0.3, 0.4) is 0 Å². The highest BCUT2D eigenvalue weighted by atomic mass is 16.5. The fraction of sp³-hybridized carbons (Fsp3) is 0.800. The van der Waals surface area contributed by atoms with Crippen LogP contribution in [0, 0.1) is 11.8 Å². The quantitative estimate of drug-likeness (QED) is 0.507. The lowest BCUT2D eigenvalue weighted by molar-refractivity contribution is 0.104. The minimum atomic E-state index is 0.140. The van der Waals surface area contributed by atoms with Gasteiger partial charge in [-0.1, -0.05) is 6.08 Å². The summed E-state index contributed by atoms with van der Waals surface area (Å²) in [6.07, 6.45) is 6.48. The molecule has 1 saturated carbocycles. The third kappa shape index (κ3) is 1.54. The van der Waals surface area contributed by atoms with Crippen LogP contribution in [0.1, 0.15) is 19.3 Å². The Bertz CT molecular complexity index is 186. The van der Waals surface area contributed by atoms with Gasteiger partial charge in [0.25, 0.3) is 0 Å². The molecule has 0 saturated heterocycles. The Hall–Kier alpha value is -0.340. The number of hydrogen-bond acceptors (Lipinski definition) is 2. The van der Waals surface area contributed by atoms with Crippen molar-refractivity contribution in [3.63, 3.8) is 0 Å². The van der Waals surface area contributed by atoms with Crippen LogP contribution in [0.5, 0.6) is 0 Å². The lowest BCUT2D eigenvalue weighted by Gasteiger charge is -2.12. The van der Waals surface area contributed by atoms with Gasteiger partial charge in [0.2, 0.25) is 0 Å². The van der Waals surface area contributed by atoms with Gasteiger partial charge < -0.3 is 9.84 Å². The highest BCUT2D eigenvalue weighted by molar-refractivity contribution is 5.19. The SMILES string of the molecule is OCCOCC1=CC2CCC1C2. The van der Waals surface area contributed by atoms with Gasteiger partial charge in [0, 0.05) is 0 Å². The number of aliphatic hydroxyl groups excluding tert-OH is 1. The van der Waals surface area contributed by atoms with Crippen molar-refractivity contribution in [2.75, 3.05) is 19.8 Å². The smallest absolute Gasteiger partial charge is 0.0702 e. The maximum Gasteiger partial charge on any atom is 0.0702 e. The zero-order valence-electron chi connectivity index (χ0n) is 7.33. The Morgan fingerprint density at radius 1 is 1.50 bits per heavy atom. The van der Waals surface area contributed by atoms with Gasteiger partial charge in [0.1, 0.15) is 0 Å². The lowest BCUT2D eigenvalue weighted by Crippen LogP contribution is -2.07. The molecule has 2 heteroatoms. The van der Waals surface area contributed by atoms with Crippen molar-refractivity contribution in [2.24, 2.45) is 11.8 Å². The van der Waals surface area contributed by atoms with E-state index < -0.39 is 0 Å². The van der Waals surface area contributed by atoms with Gasteiger partial charge in [0.05, 0.1) is 19.8 Å². The minimum Gasteiger partial charge on any atom is -0.394 e. The minimum absolute atomic E-state index is 0.140. The van der Waals surface area contributed by atoms with Crippen LogP contribution in [0.15, 0.2) is 11.6 Å². The molecular weight excluding hydrogens is 152 g/mol. The Morgan fingerprint density at radius 3 is 3.00 bits per heavy atom. The molecule has 1 N–H and O–H groups in total. The van der Waals surface area contributed by atoms with Crippen LogP contribution in [-0.2, 0) is 4.74 Å². The Balaban J connectivity index is 1.78. The predicted molar refractivity (Wildman–Crippen MR) is 46.8 cm³/mol. The molecule has 0 aromatic rings. The Kier molecular flexibility index (Phi) is 2.47. The molecule has 2 aliphatic rings. The highest BCUT2D eigenvalue weighted by Gasteiger charge is 2.32. The Morgan fingerprint density at radius 2 is 2.42 bits per heavy atom. The van der Waals surface area contributed by atoms with Crippen molar-refractivity contribution >= 4 is 0 Å². The maximum absolute atomic E-state index is 8.53. The molecule has 12 heavy (non-hydrogen) atoms. The molecule has 0 spiro atoms. The van der Waals surface area contributed by atoms with E-state index in [-0.39, 0.29) is 6.61 Å². The topological polar surface area (TPSA) is 29.5 Å². The zero-order valence-corrected chi connectivity index (χ0v) is 7.33. The van der Waals surface area contributed by atoms with Gasteiger partial charge in [-0.15, -0.1) is 0 Å². The van der Waals surface area contributed by atoms with E-state index in [9.17, 15) is 0 Å². The first-order valence-corrected chi connectivity index (χ1v) is 4.79. The first-order valence-electron chi connectivity index (χ1n) is 4.79. The molecule has 1 fully saturated rings. The molecule has 0 aromatic carbocycles. The standard InChI is InChI=1S/C10H16O2/c11-3-4-12-7-10-6-8-1-2-9(10)5-8/h6,8-9,11H,1-5,7H2. The van der Waals surface area contributed by atoms with E-state index in [1.807, 2.05) is 0 Å². The molecule has 2 bridgehead atoms. The van der Waals surface area contributed by atoms with Crippen molar-refractivity contribution in [1.29, 1.82) is 0 Å². The second-order valence-corrected chi connectivity index (χ2v) is 3.79. The number of hydrogen-bond donors (Lipinski definition) is 1. The van der Waals surface area contributed by atoms with E-state index >= 15 is 0 Å². The average Bonchev–Trinajstić information content (AvgIpc) is 2.65. The van der Waals surface area contributed by atoms with Crippen LogP contribution < -0.4 is 0 Å². The van der Waals surface area contributed by atoms with Crippen molar-refractivity contribution in [1.82, 2.24) is 0 Å². The van der Waals surface area contributed by atoms with Crippen LogP contribution in [0.2, 0.25) is 0 Å². The number of aliphatic hydroxyl groups is 1. The molecule has 0 aromatic heterocycles. The van der Waals surface area contributed by atoms with Crippen LogP contribution >= 0.6 is 0 Å². The van der Waals surface area contributed by atoms with Crippen LogP contribution in [0.25, 0.3) is 0 Å². The van der Waals surface area contributed by atoms with E-state index in [4.69, 9.17) is 9.84 Å². The van der Waals surface area contributed by atoms with Gasteiger partial charge in [-0.2, -0.15) is 0 Å². The Labute approximate surface area is 73.2 Å². The molecule has 2 rings (SSSR count). The summed E-state index contributed by atoms with van der Waals surface area (Å²) in [5, 5.41) is 8.53. The molecular formula is C10H16O2. The van der Waals surface area contributed by atoms with E-state index in [2.05, 4.69) is 6.08 Å². The van der Waals surface area contributed by atoms with Crippen molar-refractivity contribution in [3.8, 4) is 0 Å². The zero-order chi connectivity index (χ0) is 8.39. The number of ether oxygens (including phenoxy) is 1.